The number of carbonyl (C=O) groups excluding carboxylic acids is 1. The minimum Gasteiger partial charge on any atom is -0.490 e. The first kappa shape index (κ1) is 18.9. The third kappa shape index (κ3) is 4.66. The van der Waals surface area contributed by atoms with Crippen LogP contribution in [-0.4, -0.2) is 35.4 Å². The smallest absolute Gasteiger partial charge is 0.265 e. The summed E-state index contributed by atoms with van der Waals surface area (Å²) in [7, 11) is 1.68. The Labute approximate surface area is 170 Å². The van der Waals surface area contributed by atoms with Crippen LogP contribution in [0.1, 0.15) is 5.56 Å². The van der Waals surface area contributed by atoms with Gasteiger partial charge < -0.3 is 9.47 Å². The Morgan fingerprint density at radius 1 is 1.15 bits per heavy atom. The number of carbonyl (C=O) groups is 1. The number of thioether (sulfide) groups is 1. The van der Waals surface area contributed by atoms with Gasteiger partial charge >= 0.3 is 0 Å². The third-order valence-electron chi connectivity index (χ3n) is 3.60. The van der Waals surface area contributed by atoms with E-state index in [1.807, 2.05) is 48.5 Å². The summed E-state index contributed by atoms with van der Waals surface area (Å²) in [6.07, 6.45) is 1.81. The molecule has 0 radical (unpaired) electrons. The van der Waals surface area contributed by atoms with Crippen molar-refractivity contribution in [3.8, 4) is 11.5 Å². The molecule has 1 fully saturated rings. The van der Waals surface area contributed by atoms with Gasteiger partial charge in [0.05, 0.1) is 4.91 Å². The van der Waals surface area contributed by atoms with Gasteiger partial charge in [-0.25, -0.2) is 0 Å². The maximum absolute atomic E-state index is 12.2. The summed E-state index contributed by atoms with van der Waals surface area (Å²) in [5.41, 5.74) is 0.813. The molecule has 0 aliphatic carbocycles. The van der Waals surface area contributed by atoms with Crippen LogP contribution in [0, 0.1) is 0 Å². The zero-order valence-corrected chi connectivity index (χ0v) is 17.2. The van der Waals surface area contributed by atoms with Crippen LogP contribution in [0.15, 0.2) is 57.9 Å². The third-order valence-corrected chi connectivity index (χ3v) is 5.58. The minimum absolute atomic E-state index is 0.0988. The number of likely N-dealkylation sites (N-methyl/N-ethyl adjacent to an activating group) is 1. The molecule has 7 heteroatoms. The highest BCUT2D eigenvalue weighted by Gasteiger charge is 2.28. The van der Waals surface area contributed by atoms with Crippen molar-refractivity contribution in [1.82, 2.24) is 4.90 Å². The molecule has 1 aliphatic heterocycles. The quantitative estimate of drug-likeness (QED) is 0.361. The number of amides is 1. The molecule has 1 saturated heterocycles. The van der Waals surface area contributed by atoms with Crippen molar-refractivity contribution in [3.05, 3.63) is 63.5 Å². The van der Waals surface area contributed by atoms with Crippen molar-refractivity contribution < 1.29 is 14.3 Å². The first-order chi connectivity index (χ1) is 12.5. The Balaban J connectivity index is 1.68. The molecule has 0 aromatic heterocycles. The Morgan fingerprint density at radius 2 is 1.88 bits per heavy atom. The average molecular weight is 450 g/mol. The van der Waals surface area contributed by atoms with Crippen LogP contribution in [-0.2, 0) is 4.79 Å². The molecule has 1 heterocycles. The molecular formula is C19H16BrNO3S2. The SMILES string of the molecule is CN1C(=O)C(=Cc2cc(Br)ccc2OCCOc2ccccc2)SC1=S. The van der Waals surface area contributed by atoms with Gasteiger partial charge in [0.2, 0.25) is 0 Å². The lowest BCUT2D eigenvalue weighted by Crippen LogP contribution is -2.22. The number of benzene rings is 2. The van der Waals surface area contributed by atoms with E-state index in [1.165, 1.54) is 16.7 Å². The number of thiocarbonyl (C=S) groups is 1. The van der Waals surface area contributed by atoms with Crippen LogP contribution in [0.4, 0.5) is 0 Å². The molecule has 2 aromatic rings. The van der Waals surface area contributed by atoms with Gasteiger partial charge in [-0.2, -0.15) is 0 Å². The lowest BCUT2D eigenvalue weighted by molar-refractivity contribution is -0.121. The van der Waals surface area contributed by atoms with Crippen LogP contribution in [0.3, 0.4) is 0 Å². The fourth-order valence-corrected chi connectivity index (χ4v) is 3.83. The van der Waals surface area contributed by atoms with E-state index in [0.29, 0.717) is 28.2 Å². The van der Waals surface area contributed by atoms with Gasteiger partial charge in [0.25, 0.3) is 5.91 Å². The molecule has 0 unspecified atom stereocenters. The van der Waals surface area contributed by atoms with Crippen LogP contribution >= 0.6 is 39.9 Å². The van der Waals surface area contributed by atoms with Gasteiger partial charge in [-0.15, -0.1) is 0 Å². The Kier molecular flexibility index (Phi) is 6.34. The van der Waals surface area contributed by atoms with Gasteiger partial charge in [-0.05, 0) is 36.4 Å². The highest BCUT2D eigenvalue weighted by atomic mass is 79.9. The monoisotopic (exact) mass is 449 g/mol. The van der Waals surface area contributed by atoms with Crippen molar-refractivity contribution in [3.63, 3.8) is 0 Å². The van der Waals surface area contributed by atoms with Crippen molar-refractivity contribution in [2.75, 3.05) is 20.3 Å². The summed E-state index contributed by atoms with van der Waals surface area (Å²) in [5.74, 6) is 1.39. The van der Waals surface area contributed by atoms with Crippen LogP contribution in [0.5, 0.6) is 11.5 Å². The Bertz CT molecular complexity index is 855. The van der Waals surface area contributed by atoms with E-state index >= 15 is 0 Å². The number of nitrogens with zero attached hydrogens (tertiary/aromatic N) is 1. The highest BCUT2D eigenvalue weighted by Crippen LogP contribution is 2.34. The molecule has 0 saturated carbocycles. The highest BCUT2D eigenvalue weighted by molar-refractivity contribution is 9.10. The summed E-state index contributed by atoms with van der Waals surface area (Å²) in [6, 6.07) is 15.3. The summed E-state index contributed by atoms with van der Waals surface area (Å²) in [4.78, 5) is 14.3. The van der Waals surface area contributed by atoms with Crippen LogP contribution < -0.4 is 9.47 Å². The maximum Gasteiger partial charge on any atom is 0.265 e. The molecule has 3 rings (SSSR count). The van der Waals surface area contributed by atoms with Crippen molar-refractivity contribution >= 4 is 56.2 Å². The molecule has 0 bridgehead atoms. The molecule has 4 nitrogen and oxygen atoms in total. The molecule has 0 spiro atoms. The molecule has 2 aromatic carbocycles. The van der Waals surface area contributed by atoms with Crippen LogP contribution in [0.25, 0.3) is 6.08 Å². The number of para-hydroxylation sites is 1. The van der Waals surface area contributed by atoms with Gasteiger partial charge in [0, 0.05) is 17.1 Å². The van der Waals surface area contributed by atoms with Gasteiger partial charge in [-0.1, -0.05) is 58.1 Å². The topological polar surface area (TPSA) is 38.8 Å². The molecule has 1 aliphatic rings. The average Bonchev–Trinajstić information content (AvgIpc) is 2.88. The first-order valence-electron chi connectivity index (χ1n) is 7.86. The number of hydrogen-bond acceptors (Lipinski definition) is 5. The van der Waals surface area contributed by atoms with Gasteiger partial charge in [0.15, 0.2) is 0 Å². The summed E-state index contributed by atoms with van der Waals surface area (Å²) in [6.45, 7) is 0.822. The van der Waals surface area contributed by atoms with E-state index in [4.69, 9.17) is 21.7 Å². The number of ether oxygens (including phenoxy) is 2. The second-order valence-electron chi connectivity index (χ2n) is 5.43. The van der Waals surface area contributed by atoms with Crippen molar-refractivity contribution in [1.29, 1.82) is 0 Å². The Morgan fingerprint density at radius 3 is 2.58 bits per heavy atom. The standard InChI is InChI=1S/C19H16BrNO3S2/c1-21-18(22)17(26-19(21)25)12-13-11-14(20)7-8-16(13)24-10-9-23-15-5-3-2-4-6-15/h2-8,11-12H,9-10H2,1H3. The zero-order valence-electron chi connectivity index (χ0n) is 14.0. The second kappa shape index (κ2) is 8.70. The molecule has 26 heavy (non-hydrogen) atoms. The minimum atomic E-state index is -0.0988. The molecule has 0 atom stereocenters. The van der Waals surface area contributed by atoms with Crippen molar-refractivity contribution in [2.45, 2.75) is 0 Å². The van der Waals surface area contributed by atoms with E-state index in [1.54, 1.807) is 13.1 Å². The number of hydrogen-bond donors (Lipinski definition) is 0. The number of rotatable bonds is 6. The second-order valence-corrected chi connectivity index (χ2v) is 8.02. The maximum atomic E-state index is 12.2. The molecular weight excluding hydrogens is 434 g/mol. The normalized spacial score (nSPS) is 15.6. The fraction of sp³-hybridized carbons (Fsp3) is 0.158. The van der Waals surface area contributed by atoms with E-state index < -0.39 is 0 Å². The fourth-order valence-electron chi connectivity index (χ4n) is 2.28. The molecule has 0 N–H and O–H groups in total. The summed E-state index contributed by atoms with van der Waals surface area (Å²) >= 11 is 9.92. The summed E-state index contributed by atoms with van der Waals surface area (Å²) < 4.78 is 13.0. The lowest BCUT2D eigenvalue weighted by atomic mass is 10.2. The molecule has 134 valence electrons. The predicted molar refractivity (Wildman–Crippen MR) is 113 cm³/mol. The largest absolute Gasteiger partial charge is 0.490 e. The van der Waals surface area contributed by atoms with E-state index in [0.717, 1.165) is 15.8 Å². The van der Waals surface area contributed by atoms with Crippen molar-refractivity contribution in [2.24, 2.45) is 0 Å². The predicted octanol–water partition coefficient (Wildman–Crippen LogP) is 4.74. The van der Waals surface area contributed by atoms with Crippen LogP contribution in [0.2, 0.25) is 0 Å². The summed E-state index contributed by atoms with van der Waals surface area (Å²) in [5, 5.41) is 0. The first-order valence-corrected chi connectivity index (χ1v) is 9.88. The van der Waals surface area contributed by atoms with E-state index in [-0.39, 0.29) is 5.91 Å². The van der Waals surface area contributed by atoms with Gasteiger partial charge in [-0.3, -0.25) is 9.69 Å². The van der Waals surface area contributed by atoms with Gasteiger partial charge in [0.1, 0.15) is 29.0 Å². The van der Waals surface area contributed by atoms with E-state index in [2.05, 4.69) is 15.9 Å². The lowest BCUT2D eigenvalue weighted by Gasteiger charge is -2.11. The zero-order chi connectivity index (χ0) is 18.5. The number of halogens is 1. The Hall–Kier alpha value is -1.83. The van der Waals surface area contributed by atoms with E-state index in [9.17, 15) is 4.79 Å². The molecule has 1 amide bonds.